The van der Waals surface area contributed by atoms with E-state index in [-0.39, 0.29) is 11.7 Å². The molecule has 2 rings (SSSR count). The van der Waals surface area contributed by atoms with Crippen LogP contribution < -0.4 is 9.62 Å². The van der Waals surface area contributed by atoms with Gasteiger partial charge in [-0.2, -0.15) is 0 Å². The number of hydrogen-bond acceptors (Lipinski definition) is 6. The Morgan fingerprint density at radius 2 is 2.25 bits per heavy atom. The number of sulfonamides is 1. The molecule has 9 heteroatoms. The third kappa shape index (κ3) is 3.42. The smallest absolute Gasteiger partial charge is 0.290 e. The van der Waals surface area contributed by atoms with E-state index in [0.717, 1.165) is 6.26 Å². The van der Waals surface area contributed by atoms with E-state index in [0.29, 0.717) is 30.9 Å². The van der Waals surface area contributed by atoms with Crippen LogP contribution in [0, 0.1) is 17.0 Å². The van der Waals surface area contributed by atoms with Crippen LogP contribution in [0.3, 0.4) is 0 Å². The number of nitrogens with zero attached hydrogens (tertiary/aromatic N) is 3. The number of aryl methyl sites for hydroxylation is 1. The van der Waals surface area contributed by atoms with Gasteiger partial charge < -0.3 is 4.90 Å². The van der Waals surface area contributed by atoms with Crippen LogP contribution in [0.15, 0.2) is 12.3 Å². The fourth-order valence-corrected chi connectivity index (χ4v) is 3.06. The van der Waals surface area contributed by atoms with Crippen LogP contribution in [-0.2, 0) is 10.0 Å². The van der Waals surface area contributed by atoms with Gasteiger partial charge in [0.2, 0.25) is 10.0 Å². The molecule has 2 heterocycles. The summed E-state index contributed by atoms with van der Waals surface area (Å²) in [6.45, 7) is 2.83. The zero-order valence-corrected chi connectivity index (χ0v) is 12.1. The molecular weight excluding hydrogens is 284 g/mol. The van der Waals surface area contributed by atoms with E-state index in [2.05, 4.69) is 9.71 Å². The lowest BCUT2D eigenvalue weighted by atomic mass is 10.2. The van der Waals surface area contributed by atoms with Crippen LogP contribution in [0.4, 0.5) is 11.5 Å². The summed E-state index contributed by atoms with van der Waals surface area (Å²) in [6, 6.07) is 1.50. The minimum atomic E-state index is -3.23. The Balaban J connectivity index is 2.11. The van der Waals surface area contributed by atoms with Crippen LogP contribution in [-0.4, -0.2) is 43.7 Å². The molecule has 0 saturated carbocycles. The maximum absolute atomic E-state index is 11.2. The minimum Gasteiger partial charge on any atom is -0.355 e. The lowest BCUT2D eigenvalue weighted by Crippen LogP contribution is -2.36. The predicted molar refractivity (Wildman–Crippen MR) is 74.2 cm³/mol. The molecule has 1 aliphatic heterocycles. The van der Waals surface area contributed by atoms with E-state index >= 15 is 0 Å². The standard InChI is InChI=1S/C11H16N4O4S/c1-8-5-11(12-6-10(8)15(16)17)14-4-3-9(7-14)13-20(2,18)19/h5-6,9,13H,3-4,7H2,1-2H3. The van der Waals surface area contributed by atoms with Crippen molar-refractivity contribution in [1.82, 2.24) is 9.71 Å². The van der Waals surface area contributed by atoms with Gasteiger partial charge in [-0.3, -0.25) is 10.1 Å². The highest BCUT2D eigenvalue weighted by molar-refractivity contribution is 7.88. The predicted octanol–water partition coefficient (Wildman–Crippen LogP) is 0.426. The zero-order valence-electron chi connectivity index (χ0n) is 11.2. The summed E-state index contributed by atoms with van der Waals surface area (Å²) in [7, 11) is -3.23. The Morgan fingerprint density at radius 1 is 1.55 bits per heavy atom. The molecule has 0 radical (unpaired) electrons. The van der Waals surface area contributed by atoms with Crippen molar-refractivity contribution in [2.75, 3.05) is 24.2 Å². The number of hydrogen-bond donors (Lipinski definition) is 1. The fourth-order valence-electron chi connectivity index (χ4n) is 2.27. The van der Waals surface area contributed by atoms with E-state index in [4.69, 9.17) is 0 Å². The maximum Gasteiger partial charge on any atom is 0.290 e. The molecule has 8 nitrogen and oxygen atoms in total. The summed E-state index contributed by atoms with van der Waals surface area (Å²) in [5, 5.41) is 10.7. The first-order chi connectivity index (χ1) is 9.26. The van der Waals surface area contributed by atoms with Crippen molar-refractivity contribution in [1.29, 1.82) is 0 Å². The second kappa shape index (κ2) is 5.33. The van der Waals surface area contributed by atoms with Gasteiger partial charge in [0.25, 0.3) is 5.69 Å². The van der Waals surface area contributed by atoms with E-state index in [1.807, 2.05) is 4.90 Å². The van der Waals surface area contributed by atoms with Crippen molar-refractivity contribution >= 4 is 21.5 Å². The molecule has 1 fully saturated rings. The number of nitrogens with one attached hydrogen (secondary N) is 1. The minimum absolute atomic E-state index is 0.0150. The second-order valence-corrected chi connectivity index (χ2v) is 6.69. The second-order valence-electron chi connectivity index (χ2n) is 4.91. The van der Waals surface area contributed by atoms with Crippen LogP contribution in [0.2, 0.25) is 0 Å². The van der Waals surface area contributed by atoms with Gasteiger partial charge in [-0.05, 0) is 19.4 Å². The van der Waals surface area contributed by atoms with Gasteiger partial charge in [-0.15, -0.1) is 0 Å². The lowest BCUT2D eigenvalue weighted by molar-refractivity contribution is -0.385. The normalized spacial score (nSPS) is 19.3. The number of rotatable bonds is 4. The number of aromatic nitrogens is 1. The van der Waals surface area contributed by atoms with Gasteiger partial charge in [0.1, 0.15) is 12.0 Å². The van der Waals surface area contributed by atoms with E-state index in [9.17, 15) is 18.5 Å². The molecule has 0 bridgehead atoms. The van der Waals surface area contributed by atoms with Gasteiger partial charge >= 0.3 is 0 Å². The average Bonchev–Trinajstić information content (AvgIpc) is 2.74. The molecule has 1 saturated heterocycles. The Bertz CT molecular complexity index is 631. The van der Waals surface area contributed by atoms with Gasteiger partial charge in [-0.1, -0.05) is 0 Å². The lowest BCUT2D eigenvalue weighted by Gasteiger charge is -2.17. The summed E-state index contributed by atoms with van der Waals surface area (Å²) < 4.78 is 24.9. The molecule has 0 aromatic carbocycles. The molecule has 20 heavy (non-hydrogen) atoms. The SMILES string of the molecule is Cc1cc(N2CCC(NS(C)(=O)=O)C2)ncc1[N+](=O)[O-]. The molecular formula is C11H16N4O4S. The highest BCUT2D eigenvalue weighted by atomic mass is 32.2. The van der Waals surface area contributed by atoms with Crippen molar-refractivity contribution in [3.05, 3.63) is 27.9 Å². The maximum atomic E-state index is 11.2. The first kappa shape index (κ1) is 14.7. The summed E-state index contributed by atoms with van der Waals surface area (Å²) in [6.07, 6.45) is 3.05. The zero-order chi connectivity index (χ0) is 14.9. The van der Waals surface area contributed by atoms with Crippen molar-refractivity contribution in [2.45, 2.75) is 19.4 Å². The Hall–Kier alpha value is -1.74. The third-order valence-electron chi connectivity index (χ3n) is 3.16. The fraction of sp³-hybridized carbons (Fsp3) is 0.545. The van der Waals surface area contributed by atoms with Crippen molar-refractivity contribution in [3.63, 3.8) is 0 Å². The quantitative estimate of drug-likeness (QED) is 0.638. The Morgan fingerprint density at radius 3 is 2.80 bits per heavy atom. The third-order valence-corrected chi connectivity index (χ3v) is 3.92. The highest BCUT2D eigenvalue weighted by Gasteiger charge is 2.26. The molecule has 1 aromatic rings. The van der Waals surface area contributed by atoms with E-state index < -0.39 is 14.9 Å². The summed E-state index contributed by atoms with van der Waals surface area (Å²) in [5.41, 5.74) is 0.526. The molecule has 1 aromatic heterocycles. The van der Waals surface area contributed by atoms with Gasteiger partial charge in [0.05, 0.1) is 11.2 Å². The Labute approximate surface area is 117 Å². The number of nitro groups is 1. The first-order valence-electron chi connectivity index (χ1n) is 6.09. The van der Waals surface area contributed by atoms with Gasteiger partial charge in [-0.25, -0.2) is 18.1 Å². The number of pyridine rings is 1. The molecule has 0 aliphatic carbocycles. The summed E-state index contributed by atoms with van der Waals surface area (Å²) in [5.74, 6) is 0.630. The van der Waals surface area contributed by atoms with Gasteiger partial charge in [0.15, 0.2) is 0 Å². The van der Waals surface area contributed by atoms with Crippen molar-refractivity contribution in [3.8, 4) is 0 Å². The average molecular weight is 300 g/mol. The van der Waals surface area contributed by atoms with Crippen LogP contribution in [0.5, 0.6) is 0 Å². The number of anilines is 1. The molecule has 1 aliphatic rings. The topological polar surface area (TPSA) is 105 Å². The van der Waals surface area contributed by atoms with Crippen LogP contribution in [0.25, 0.3) is 0 Å². The molecule has 1 N–H and O–H groups in total. The Kier molecular flexibility index (Phi) is 3.91. The largest absolute Gasteiger partial charge is 0.355 e. The highest BCUT2D eigenvalue weighted by Crippen LogP contribution is 2.24. The first-order valence-corrected chi connectivity index (χ1v) is 7.98. The molecule has 1 unspecified atom stereocenters. The molecule has 110 valence electrons. The van der Waals surface area contributed by atoms with Crippen molar-refractivity contribution in [2.24, 2.45) is 0 Å². The molecule has 0 amide bonds. The molecule has 0 spiro atoms. The van der Waals surface area contributed by atoms with Gasteiger partial charge in [0, 0.05) is 24.7 Å². The molecule has 1 atom stereocenters. The summed E-state index contributed by atoms with van der Waals surface area (Å²) in [4.78, 5) is 16.3. The van der Waals surface area contributed by atoms with Crippen LogP contribution >= 0.6 is 0 Å². The summed E-state index contributed by atoms with van der Waals surface area (Å²) >= 11 is 0. The monoisotopic (exact) mass is 300 g/mol. The van der Waals surface area contributed by atoms with E-state index in [1.165, 1.54) is 6.20 Å². The van der Waals surface area contributed by atoms with Crippen molar-refractivity contribution < 1.29 is 13.3 Å². The van der Waals surface area contributed by atoms with Crippen LogP contribution in [0.1, 0.15) is 12.0 Å². The van der Waals surface area contributed by atoms with E-state index in [1.54, 1.807) is 13.0 Å².